The molecule has 0 saturated carbocycles. The van der Waals surface area contributed by atoms with Crippen LogP contribution in [0, 0.1) is 5.92 Å². The molecule has 1 fully saturated rings. The monoisotopic (exact) mass is 229 g/mol. The van der Waals surface area contributed by atoms with Gasteiger partial charge in [0, 0.05) is 37.0 Å². The van der Waals surface area contributed by atoms with Crippen molar-refractivity contribution in [1.82, 2.24) is 20.8 Å². The molecule has 88 valence electrons. The zero-order valence-corrected chi connectivity index (χ0v) is 9.53. The second-order valence-electron chi connectivity index (χ2n) is 4.79. The number of nitrogens with zero attached hydrogens (tertiary/aromatic N) is 2. The fourth-order valence-electron chi connectivity index (χ4n) is 2.95. The summed E-state index contributed by atoms with van der Waals surface area (Å²) in [6.07, 6.45) is 6.25. The van der Waals surface area contributed by atoms with Crippen LogP contribution in [0.15, 0.2) is 24.2 Å². The molecule has 5 nitrogen and oxygen atoms in total. The standard InChI is InChI=1S/C12H15N5/c1-2-8-6-14-15-11(8)12-9-7-13-4-3-10(9)16-17(12)5-1/h3-4,7-8,14-16H,1-2,5-6H2. The van der Waals surface area contributed by atoms with E-state index in [4.69, 9.17) is 0 Å². The molecule has 5 heteroatoms. The molecule has 17 heavy (non-hydrogen) atoms. The normalized spacial score (nSPS) is 25.6. The minimum atomic E-state index is 0.614. The minimum absolute atomic E-state index is 0.614. The van der Waals surface area contributed by atoms with E-state index in [0.717, 1.165) is 18.8 Å². The summed E-state index contributed by atoms with van der Waals surface area (Å²) in [7, 11) is 0. The van der Waals surface area contributed by atoms with E-state index < -0.39 is 0 Å². The van der Waals surface area contributed by atoms with E-state index in [9.17, 15) is 0 Å². The number of pyridine rings is 1. The Morgan fingerprint density at radius 3 is 3.41 bits per heavy atom. The van der Waals surface area contributed by atoms with Crippen molar-refractivity contribution in [2.24, 2.45) is 5.92 Å². The first-order chi connectivity index (χ1) is 8.43. The zero-order valence-electron chi connectivity index (χ0n) is 9.53. The summed E-state index contributed by atoms with van der Waals surface area (Å²) >= 11 is 0. The molecule has 0 radical (unpaired) electrons. The lowest BCUT2D eigenvalue weighted by molar-refractivity contribution is 0.457. The zero-order chi connectivity index (χ0) is 11.2. The smallest absolute Gasteiger partial charge is 0.0887 e. The van der Waals surface area contributed by atoms with Crippen LogP contribution in [0.5, 0.6) is 0 Å². The largest absolute Gasteiger partial charge is 0.323 e. The molecule has 4 rings (SSSR count). The van der Waals surface area contributed by atoms with E-state index in [2.05, 4.69) is 26.3 Å². The van der Waals surface area contributed by atoms with Gasteiger partial charge in [0.1, 0.15) is 0 Å². The molecule has 0 bridgehead atoms. The highest BCUT2D eigenvalue weighted by atomic mass is 15.5. The molecule has 1 unspecified atom stereocenters. The van der Waals surface area contributed by atoms with E-state index in [1.165, 1.54) is 29.8 Å². The second kappa shape index (κ2) is 3.37. The highest BCUT2D eigenvalue weighted by Gasteiger charge is 2.34. The summed E-state index contributed by atoms with van der Waals surface area (Å²) in [6, 6.07) is 2.04. The van der Waals surface area contributed by atoms with Crippen molar-refractivity contribution in [2.75, 3.05) is 18.5 Å². The van der Waals surface area contributed by atoms with Gasteiger partial charge in [0.2, 0.25) is 0 Å². The predicted octanol–water partition coefficient (Wildman–Crippen LogP) is 0.910. The summed E-state index contributed by atoms with van der Waals surface area (Å²) < 4.78 is 0. The Morgan fingerprint density at radius 2 is 2.41 bits per heavy atom. The van der Waals surface area contributed by atoms with Gasteiger partial charge in [0.25, 0.3) is 0 Å². The van der Waals surface area contributed by atoms with Gasteiger partial charge in [-0.3, -0.25) is 15.4 Å². The first kappa shape index (κ1) is 9.30. The van der Waals surface area contributed by atoms with E-state index in [-0.39, 0.29) is 0 Å². The number of hydrogen-bond acceptors (Lipinski definition) is 5. The van der Waals surface area contributed by atoms with Crippen molar-refractivity contribution in [1.29, 1.82) is 0 Å². The van der Waals surface area contributed by atoms with Gasteiger partial charge < -0.3 is 5.43 Å². The fourth-order valence-corrected chi connectivity index (χ4v) is 2.95. The maximum Gasteiger partial charge on any atom is 0.0887 e. The lowest BCUT2D eigenvalue weighted by Crippen LogP contribution is -2.27. The number of anilines is 1. The van der Waals surface area contributed by atoms with Gasteiger partial charge in [-0.15, -0.1) is 0 Å². The summed E-state index contributed by atoms with van der Waals surface area (Å²) in [6.45, 7) is 2.09. The Hall–Kier alpha value is -1.75. The van der Waals surface area contributed by atoms with Crippen LogP contribution in [0.3, 0.4) is 0 Å². The quantitative estimate of drug-likeness (QED) is 0.617. The molecule has 0 spiro atoms. The summed E-state index contributed by atoms with van der Waals surface area (Å²) in [5.41, 5.74) is 15.0. The molecular weight excluding hydrogens is 214 g/mol. The van der Waals surface area contributed by atoms with Crippen LogP contribution in [-0.4, -0.2) is 23.1 Å². The SMILES string of the molecule is c1cc2c(cn1)C1=C3NNCC3CCCN1N2. The lowest BCUT2D eigenvalue weighted by atomic mass is 9.99. The van der Waals surface area contributed by atoms with Crippen molar-refractivity contribution in [3.8, 4) is 0 Å². The third-order valence-electron chi connectivity index (χ3n) is 3.77. The third kappa shape index (κ3) is 1.26. The molecule has 1 saturated heterocycles. The predicted molar refractivity (Wildman–Crippen MR) is 65.3 cm³/mol. The van der Waals surface area contributed by atoms with Crippen molar-refractivity contribution in [2.45, 2.75) is 12.8 Å². The highest BCUT2D eigenvalue weighted by Crippen LogP contribution is 2.40. The Balaban J connectivity index is 1.91. The van der Waals surface area contributed by atoms with Crippen LogP contribution in [-0.2, 0) is 0 Å². The van der Waals surface area contributed by atoms with Gasteiger partial charge >= 0.3 is 0 Å². The van der Waals surface area contributed by atoms with Crippen LogP contribution < -0.4 is 16.3 Å². The molecule has 3 aliphatic rings. The fraction of sp³-hybridized carbons (Fsp3) is 0.417. The molecule has 3 N–H and O–H groups in total. The number of hydrazine groups is 2. The Labute approximate surface area is 99.8 Å². The van der Waals surface area contributed by atoms with Gasteiger partial charge in [-0.05, 0) is 18.9 Å². The van der Waals surface area contributed by atoms with Crippen molar-refractivity contribution in [3.63, 3.8) is 0 Å². The average Bonchev–Trinajstić information content (AvgIpc) is 2.90. The van der Waals surface area contributed by atoms with Crippen LogP contribution in [0.1, 0.15) is 18.4 Å². The molecule has 4 heterocycles. The number of hydrogen-bond donors (Lipinski definition) is 3. The number of rotatable bonds is 0. The first-order valence-corrected chi connectivity index (χ1v) is 6.15. The van der Waals surface area contributed by atoms with Crippen molar-refractivity contribution < 1.29 is 0 Å². The molecule has 1 aromatic rings. The van der Waals surface area contributed by atoms with Gasteiger partial charge in [0.15, 0.2) is 0 Å². The van der Waals surface area contributed by atoms with E-state index in [1.807, 2.05) is 18.5 Å². The molecule has 1 aromatic heterocycles. The Bertz CT molecular complexity index is 495. The lowest BCUT2D eigenvalue weighted by Gasteiger charge is -2.19. The Kier molecular flexibility index (Phi) is 1.84. The number of nitrogens with one attached hydrogen (secondary N) is 3. The molecule has 1 atom stereocenters. The molecule has 0 aliphatic carbocycles. The van der Waals surface area contributed by atoms with Crippen LogP contribution in [0.25, 0.3) is 5.70 Å². The molecular formula is C12H15N5. The van der Waals surface area contributed by atoms with E-state index in [1.54, 1.807) is 0 Å². The third-order valence-corrected chi connectivity index (χ3v) is 3.77. The van der Waals surface area contributed by atoms with E-state index in [0.29, 0.717) is 5.92 Å². The number of aromatic nitrogens is 1. The van der Waals surface area contributed by atoms with Gasteiger partial charge in [-0.1, -0.05) is 0 Å². The second-order valence-corrected chi connectivity index (χ2v) is 4.79. The summed E-state index contributed by atoms with van der Waals surface area (Å²) in [4.78, 5) is 4.24. The van der Waals surface area contributed by atoms with Gasteiger partial charge in [0.05, 0.1) is 17.1 Å². The van der Waals surface area contributed by atoms with E-state index >= 15 is 0 Å². The molecule has 0 aromatic carbocycles. The van der Waals surface area contributed by atoms with Crippen molar-refractivity contribution >= 4 is 11.4 Å². The van der Waals surface area contributed by atoms with Gasteiger partial charge in [-0.25, -0.2) is 5.43 Å². The minimum Gasteiger partial charge on any atom is -0.323 e. The van der Waals surface area contributed by atoms with Crippen LogP contribution in [0.4, 0.5) is 5.69 Å². The summed E-state index contributed by atoms with van der Waals surface area (Å²) in [5.74, 6) is 0.614. The summed E-state index contributed by atoms with van der Waals surface area (Å²) in [5, 5.41) is 2.25. The topological polar surface area (TPSA) is 52.2 Å². The van der Waals surface area contributed by atoms with Crippen molar-refractivity contribution in [3.05, 3.63) is 29.7 Å². The molecule has 3 aliphatic heterocycles. The van der Waals surface area contributed by atoms with Crippen LogP contribution in [0.2, 0.25) is 0 Å². The highest BCUT2D eigenvalue weighted by molar-refractivity contribution is 5.82. The average molecular weight is 229 g/mol. The number of fused-ring (bicyclic) bond motifs is 4. The maximum atomic E-state index is 4.24. The van der Waals surface area contributed by atoms with Gasteiger partial charge in [-0.2, -0.15) is 0 Å². The Morgan fingerprint density at radius 1 is 1.41 bits per heavy atom. The van der Waals surface area contributed by atoms with Crippen LogP contribution >= 0.6 is 0 Å². The first-order valence-electron chi connectivity index (χ1n) is 6.15. The maximum absolute atomic E-state index is 4.24. The molecule has 0 amide bonds.